The molecule has 0 fully saturated rings. The van der Waals surface area contributed by atoms with Gasteiger partial charge in [-0.2, -0.15) is 21.6 Å². The average molecular weight is 349 g/mol. The number of rotatable bonds is 4. The van der Waals surface area contributed by atoms with Crippen molar-refractivity contribution in [2.75, 3.05) is 5.75 Å². The predicted octanol–water partition coefficient (Wildman–Crippen LogP) is 1.77. The molecule has 0 aromatic heterocycles. The maximum atomic E-state index is 11.7. The first-order valence-corrected chi connectivity index (χ1v) is 8.57. The van der Waals surface area contributed by atoms with Crippen molar-refractivity contribution in [1.29, 1.82) is 0 Å². The Morgan fingerprint density at radius 3 is 1.86 bits per heavy atom. The van der Waals surface area contributed by atoms with Crippen molar-refractivity contribution in [2.45, 2.75) is 24.5 Å². The van der Waals surface area contributed by atoms with Gasteiger partial charge in [0.1, 0.15) is 0 Å². The van der Waals surface area contributed by atoms with Crippen LogP contribution in [0.25, 0.3) is 0 Å². The first-order valence-electron chi connectivity index (χ1n) is 5.48. The van der Waals surface area contributed by atoms with Crippen LogP contribution in [0.2, 0.25) is 0 Å². The van der Waals surface area contributed by atoms with Crippen LogP contribution >= 0.6 is 0 Å². The summed E-state index contributed by atoms with van der Waals surface area (Å²) in [5, 5.41) is 0. The first kappa shape index (κ1) is 19.8. The summed E-state index contributed by atoms with van der Waals surface area (Å²) in [6, 6.07) is 6.34. The maximum Gasteiger partial charge on any atom is 0.470 e. The number of nitrogens with one attached hydrogen (secondary N) is 1. The maximum absolute atomic E-state index is 11.7. The quantitative estimate of drug-likeness (QED) is 0.637. The van der Waals surface area contributed by atoms with E-state index in [-0.39, 0.29) is 5.75 Å². The van der Waals surface area contributed by atoms with Crippen LogP contribution in [0.4, 0.5) is 13.2 Å². The Balaban J connectivity index is 0.000000486. The van der Waals surface area contributed by atoms with Gasteiger partial charge in [-0.25, -0.2) is 8.42 Å². The van der Waals surface area contributed by atoms with Gasteiger partial charge in [0, 0.05) is 0 Å². The summed E-state index contributed by atoms with van der Waals surface area (Å²) in [5.41, 5.74) is 0. The SMILES string of the molecule is CCCS(=O)(=O)O.O=S(=O)(NC(F)(F)F)c1ccccc1. The second-order valence-electron chi connectivity index (χ2n) is 3.70. The molecule has 1 aromatic carbocycles. The Morgan fingerprint density at radius 1 is 1.10 bits per heavy atom. The van der Waals surface area contributed by atoms with Crippen molar-refractivity contribution in [1.82, 2.24) is 4.72 Å². The summed E-state index contributed by atoms with van der Waals surface area (Å²) in [7, 11) is -8.17. The van der Waals surface area contributed by atoms with Gasteiger partial charge in [0.15, 0.2) is 0 Å². The molecule has 0 unspecified atom stereocenters. The Bertz CT molecular complexity index is 626. The molecule has 0 aliphatic heterocycles. The Morgan fingerprint density at radius 2 is 1.57 bits per heavy atom. The minimum atomic E-state index is -4.95. The van der Waals surface area contributed by atoms with E-state index in [1.54, 1.807) is 6.92 Å². The lowest BCUT2D eigenvalue weighted by molar-refractivity contribution is -0.138. The van der Waals surface area contributed by atoms with Crippen LogP contribution in [-0.4, -0.2) is 33.4 Å². The van der Waals surface area contributed by atoms with E-state index in [4.69, 9.17) is 4.55 Å². The fourth-order valence-corrected chi connectivity index (χ4v) is 2.52. The first-order chi connectivity index (χ1) is 9.37. The van der Waals surface area contributed by atoms with Crippen LogP contribution in [0, 0.1) is 0 Å². The molecule has 0 bridgehead atoms. The standard InChI is InChI=1S/C7H6F3NO2S.C3H8O3S/c8-7(9,10)11-14(12,13)6-4-2-1-3-5-6;1-2-3-7(4,5)6/h1-5,11H;2-3H2,1H3,(H,4,5,6). The monoisotopic (exact) mass is 349 g/mol. The van der Waals surface area contributed by atoms with Crippen LogP contribution in [0.1, 0.15) is 13.3 Å². The smallest absolute Gasteiger partial charge is 0.286 e. The molecule has 0 aliphatic rings. The van der Waals surface area contributed by atoms with Crippen LogP contribution < -0.4 is 4.72 Å². The molecule has 1 aromatic rings. The van der Waals surface area contributed by atoms with Crippen molar-refractivity contribution in [3.63, 3.8) is 0 Å². The fourth-order valence-electron chi connectivity index (χ4n) is 1.07. The lowest BCUT2D eigenvalue weighted by Gasteiger charge is -2.08. The number of alkyl halides is 3. The highest BCUT2D eigenvalue weighted by atomic mass is 32.2. The minimum Gasteiger partial charge on any atom is -0.286 e. The summed E-state index contributed by atoms with van der Waals surface area (Å²) in [6.45, 7) is 1.69. The third-order valence-electron chi connectivity index (χ3n) is 1.77. The highest BCUT2D eigenvalue weighted by molar-refractivity contribution is 7.89. The summed E-state index contributed by atoms with van der Waals surface area (Å²) < 4.78 is 85.4. The molecule has 0 heterocycles. The van der Waals surface area contributed by atoms with Gasteiger partial charge in [-0.05, 0) is 18.6 Å². The molecule has 1 rings (SSSR count). The largest absolute Gasteiger partial charge is 0.470 e. The zero-order valence-electron chi connectivity index (χ0n) is 10.8. The predicted molar refractivity (Wildman–Crippen MR) is 69.5 cm³/mol. The average Bonchev–Trinajstić information content (AvgIpc) is 2.26. The molecule has 0 aliphatic carbocycles. The van der Waals surface area contributed by atoms with Crippen LogP contribution in [0.15, 0.2) is 35.2 Å². The van der Waals surface area contributed by atoms with E-state index in [1.807, 2.05) is 0 Å². The highest BCUT2D eigenvalue weighted by Crippen LogP contribution is 2.16. The van der Waals surface area contributed by atoms with E-state index in [1.165, 1.54) is 18.2 Å². The number of sulfonamides is 1. The molecule has 0 atom stereocenters. The zero-order chi connectivity index (χ0) is 16.7. The molecule has 2 N–H and O–H groups in total. The summed E-state index contributed by atoms with van der Waals surface area (Å²) >= 11 is 0. The van der Waals surface area contributed by atoms with Gasteiger partial charge >= 0.3 is 6.30 Å². The van der Waals surface area contributed by atoms with Gasteiger partial charge < -0.3 is 0 Å². The number of hydrogen-bond donors (Lipinski definition) is 2. The van der Waals surface area contributed by atoms with Crippen molar-refractivity contribution in [3.8, 4) is 0 Å². The molecule has 0 saturated heterocycles. The van der Waals surface area contributed by atoms with Crippen LogP contribution in [0.3, 0.4) is 0 Å². The molecule has 21 heavy (non-hydrogen) atoms. The normalized spacial score (nSPS) is 12.4. The van der Waals surface area contributed by atoms with Crippen LogP contribution in [-0.2, 0) is 20.1 Å². The van der Waals surface area contributed by atoms with Gasteiger partial charge in [-0.3, -0.25) is 4.55 Å². The van der Waals surface area contributed by atoms with Gasteiger partial charge in [0.25, 0.3) is 10.1 Å². The summed E-state index contributed by atoms with van der Waals surface area (Å²) in [6.07, 6.45) is -4.48. The zero-order valence-corrected chi connectivity index (χ0v) is 12.5. The van der Waals surface area contributed by atoms with Gasteiger partial charge in [-0.1, -0.05) is 25.1 Å². The number of hydrogen-bond acceptors (Lipinski definition) is 4. The van der Waals surface area contributed by atoms with Crippen molar-refractivity contribution in [3.05, 3.63) is 30.3 Å². The van der Waals surface area contributed by atoms with Gasteiger partial charge in [0.05, 0.1) is 10.6 Å². The van der Waals surface area contributed by atoms with E-state index < -0.39 is 31.3 Å². The molecule has 6 nitrogen and oxygen atoms in total. The minimum absolute atomic E-state index is 0.132. The molecule has 11 heteroatoms. The Labute approximate surface area is 120 Å². The summed E-state index contributed by atoms with van der Waals surface area (Å²) in [4.78, 5) is -0.419. The Kier molecular flexibility index (Phi) is 7.30. The molecule has 0 amide bonds. The van der Waals surface area contributed by atoms with E-state index >= 15 is 0 Å². The third kappa shape index (κ3) is 10.2. The molecule has 122 valence electrons. The second kappa shape index (κ2) is 7.73. The molecular formula is C10H14F3NO5S2. The lowest BCUT2D eigenvalue weighted by Crippen LogP contribution is -2.37. The van der Waals surface area contributed by atoms with Crippen molar-refractivity contribution >= 4 is 20.1 Å². The highest BCUT2D eigenvalue weighted by Gasteiger charge is 2.34. The van der Waals surface area contributed by atoms with E-state index in [9.17, 15) is 30.0 Å². The van der Waals surface area contributed by atoms with E-state index in [2.05, 4.69) is 0 Å². The van der Waals surface area contributed by atoms with E-state index in [0.717, 1.165) is 12.1 Å². The Hall–Kier alpha value is -1.17. The molecular weight excluding hydrogens is 335 g/mol. The topological polar surface area (TPSA) is 101 Å². The van der Waals surface area contributed by atoms with Crippen LogP contribution in [0.5, 0.6) is 0 Å². The molecule has 0 saturated carbocycles. The van der Waals surface area contributed by atoms with Gasteiger partial charge in [0.2, 0.25) is 10.0 Å². The number of benzene rings is 1. The van der Waals surface area contributed by atoms with E-state index in [0.29, 0.717) is 11.1 Å². The lowest BCUT2D eigenvalue weighted by atomic mass is 10.4. The molecule has 0 spiro atoms. The molecule has 0 radical (unpaired) electrons. The fraction of sp³-hybridized carbons (Fsp3) is 0.400. The van der Waals surface area contributed by atoms with Crippen molar-refractivity contribution in [2.24, 2.45) is 0 Å². The van der Waals surface area contributed by atoms with Crippen molar-refractivity contribution < 1.29 is 34.6 Å². The second-order valence-corrected chi connectivity index (χ2v) is 6.96. The number of halogens is 3. The summed E-state index contributed by atoms with van der Waals surface area (Å²) in [5.74, 6) is -0.132. The van der Waals surface area contributed by atoms with Gasteiger partial charge in [-0.15, -0.1) is 4.72 Å². The third-order valence-corrected chi connectivity index (χ3v) is 4.08.